The molecule has 2 rings (SSSR count). The maximum absolute atomic E-state index is 12.2. The summed E-state index contributed by atoms with van der Waals surface area (Å²) in [6.07, 6.45) is -3.36. The van der Waals surface area contributed by atoms with E-state index in [2.05, 4.69) is 9.72 Å². The predicted octanol–water partition coefficient (Wildman–Crippen LogP) is 3.91. The van der Waals surface area contributed by atoms with Gasteiger partial charge in [0, 0.05) is 19.8 Å². The second kappa shape index (κ2) is 6.87. The molecule has 0 N–H and O–H groups in total. The lowest BCUT2D eigenvalue weighted by Gasteiger charge is -2.17. The van der Waals surface area contributed by atoms with Gasteiger partial charge in [0.2, 0.25) is 0 Å². The molecule has 1 amide bonds. The topological polar surface area (TPSA) is 42.4 Å². The molecule has 0 spiro atoms. The van der Waals surface area contributed by atoms with Crippen LogP contribution in [0.1, 0.15) is 15.9 Å². The number of hydrogen-bond acceptors (Lipinski definition) is 3. The zero-order valence-electron chi connectivity index (χ0n) is 12.0. The molecule has 0 radical (unpaired) electrons. The zero-order chi connectivity index (χ0) is 17.0. The van der Waals surface area contributed by atoms with E-state index in [0.29, 0.717) is 11.1 Å². The second-order valence-electron chi connectivity index (χ2n) is 4.72. The molecule has 0 bridgehead atoms. The number of pyridine rings is 1. The van der Waals surface area contributed by atoms with Crippen LogP contribution in [-0.4, -0.2) is 29.2 Å². The van der Waals surface area contributed by atoms with E-state index in [1.807, 2.05) is 0 Å². The number of carbonyl (C=O) groups is 1. The zero-order valence-corrected chi connectivity index (χ0v) is 12.7. The Bertz CT molecular complexity index is 673. The summed E-state index contributed by atoms with van der Waals surface area (Å²) < 4.78 is 40.0. The number of alkyl halides is 3. The van der Waals surface area contributed by atoms with Crippen molar-refractivity contribution >= 4 is 17.5 Å². The molecule has 122 valence electrons. The van der Waals surface area contributed by atoms with Crippen LogP contribution >= 0.6 is 11.6 Å². The van der Waals surface area contributed by atoms with E-state index in [9.17, 15) is 18.0 Å². The molecule has 1 aromatic heterocycles. The van der Waals surface area contributed by atoms with Crippen LogP contribution in [0.25, 0.3) is 0 Å². The second-order valence-corrected chi connectivity index (χ2v) is 5.11. The number of nitrogens with zero attached hydrogens (tertiary/aromatic N) is 2. The molecule has 0 aliphatic heterocycles. The Labute approximate surface area is 135 Å². The van der Waals surface area contributed by atoms with Crippen LogP contribution in [0.2, 0.25) is 5.15 Å². The van der Waals surface area contributed by atoms with Crippen molar-refractivity contribution < 1.29 is 22.7 Å². The highest BCUT2D eigenvalue weighted by Crippen LogP contribution is 2.23. The molecular weight excluding hydrogens is 333 g/mol. The highest BCUT2D eigenvalue weighted by Gasteiger charge is 2.30. The first kappa shape index (κ1) is 17.1. The van der Waals surface area contributed by atoms with Gasteiger partial charge in [0.25, 0.3) is 5.91 Å². The predicted molar refractivity (Wildman–Crippen MR) is 78.2 cm³/mol. The van der Waals surface area contributed by atoms with Gasteiger partial charge in [-0.2, -0.15) is 0 Å². The first-order valence-corrected chi connectivity index (χ1v) is 6.84. The summed E-state index contributed by atoms with van der Waals surface area (Å²) in [4.78, 5) is 17.4. The summed E-state index contributed by atoms with van der Waals surface area (Å²) in [6, 6.07) is 8.38. The summed E-state index contributed by atoms with van der Waals surface area (Å²) in [5.41, 5.74) is 1.03. The van der Waals surface area contributed by atoms with E-state index >= 15 is 0 Å². The number of hydrogen-bond donors (Lipinski definition) is 0. The molecule has 4 nitrogen and oxygen atoms in total. The Kier molecular flexibility index (Phi) is 5.10. The fourth-order valence-electron chi connectivity index (χ4n) is 1.86. The van der Waals surface area contributed by atoms with Crippen molar-refractivity contribution in [3.8, 4) is 5.75 Å². The quantitative estimate of drug-likeness (QED) is 0.790. The number of rotatable bonds is 4. The lowest BCUT2D eigenvalue weighted by atomic mass is 10.2. The Hall–Kier alpha value is -2.28. The molecule has 0 fully saturated rings. The third kappa shape index (κ3) is 5.14. The molecular formula is C15H12ClF3N2O2. The number of benzene rings is 1. The number of amides is 1. The molecule has 1 heterocycles. The van der Waals surface area contributed by atoms with Gasteiger partial charge in [0.05, 0.1) is 5.56 Å². The number of halogens is 4. The third-order valence-electron chi connectivity index (χ3n) is 2.90. The maximum Gasteiger partial charge on any atom is 0.573 e. The molecule has 0 saturated heterocycles. The van der Waals surface area contributed by atoms with Crippen LogP contribution in [0.3, 0.4) is 0 Å². The van der Waals surface area contributed by atoms with E-state index in [1.54, 1.807) is 13.1 Å². The van der Waals surface area contributed by atoms with Crippen LogP contribution in [0.4, 0.5) is 13.2 Å². The molecule has 0 saturated carbocycles. The summed E-state index contributed by atoms with van der Waals surface area (Å²) in [5.74, 6) is -0.582. The van der Waals surface area contributed by atoms with E-state index < -0.39 is 6.36 Å². The molecule has 0 unspecified atom stereocenters. The van der Waals surface area contributed by atoms with Gasteiger partial charge in [-0.05, 0) is 29.8 Å². The number of ether oxygens (including phenoxy) is 1. The average Bonchev–Trinajstić information content (AvgIpc) is 2.48. The van der Waals surface area contributed by atoms with Crippen molar-refractivity contribution in [1.29, 1.82) is 0 Å². The fraction of sp³-hybridized carbons (Fsp3) is 0.200. The van der Waals surface area contributed by atoms with Crippen molar-refractivity contribution in [2.45, 2.75) is 12.9 Å². The van der Waals surface area contributed by atoms with Crippen molar-refractivity contribution in [2.24, 2.45) is 0 Å². The van der Waals surface area contributed by atoms with Crippen molar-refractivity contribution in [1.82, 2.24) is 9.88 Å². The van der Waals surface area contributed by atoms with Gasteiger partial charge in [-0.25, -0.2) is 4.98 Å². The average molecular weight is 345 g/mol. The summed E-state index contributed by atoms with van der Waals surface area (Å²) in [6.45, 7) is 0.230. The standard InChI is InChI=1S/C15H12ClF3N2O2/c1-21(14(22)11-4-7-13(16)20-8-11)9-10-2-5-12(6-3-10)23-15(17,18)19/h2-8H,9H2,1H3. The third-order valence-corrected chi connectivity index (χ3v) is 3.12. The Morgan fingerprint density at radius 3 is 2.39 bits per heavy atom. The van der Waals surface area contributed by atoms with Crippen LogP contribution in [-0.2, 0) is 6.54 Å². The van der Waals surface area contributed by atoms with Crippen LogP contribution in [0, 0.1) is 0 Å². The molecule has 23 heavy (non-hydrogen) atoms. The largest absolute Gasteiger partial charge is 0.573 e. The Balaban J connectivity index is 2.01. The van der Waals surface area contributed by atoms with E-state index in [1.165, 1.54) is 41.4 Å². The number of carbonyl (C=O) groups excluding carboxylic acids is 1. The van der Waals surface area contributed by atoms with Gasteiger partial charge < -0.3 is 9.64 Å². The lowest BCUT2D eigenvalue weighted by Crippen LogP contribution is -2.26. The Morgan fingerprint density at radius 1 is 1.22 bits per heavy atom. The maximum atomic E-state index is 12.2. The SMILES string of the molecule is CN(Cc1ccc(OC(F)(F)F)cc1)C(=O)c1ccc(Cl)nc1. The minimum absolute atomic E-state index is 0.230. The lowest BCUT2D eigenvalue weighted by molar-refractivity contribution is -0.274. The highest BCUT2D eigenvalue weighted by molar-refractivity contribution is 6.29. The number of aromatic nitrogens is 1. The first-order chi connectivity index (χ1) is 10.7. The molecule has 0 aliphatic rings. The monoisotopic (exact) mass is 344 g/mol. The normalized spacial score (nSPS) is 11.2. The minimum Gasteiger partial charge on any atom is -0.406 e. The van der Waals surface area contributed by atoms with Crippen LogP contribution in [0.5, 0.6) is 5.75 Å². The molecule has 1 aromatic carbocycles. The Morgan fingerprint density at radius 2 is 1.87 bits per heavy atom. The highest BCUT2D eigenvalue weighted by atomic mass is 35.5. The molecule has 0 atom stereocenters. The van der Waals surface area contributed by atoms with Crippen LogP contribution < -0.4 is 4.74 Å². The van der Waals surface area contributed by atoms with E-state index in [-0.39, 0.29) is 23.4 Å². The molecule has 0 aliphatic carbocycles. The van der Waals surface area contributed by atoms with Gasteiger partial charge in [-0.3, -0.25) is 4.79 Å². The summed E-state index contributed by atoms with van der Waals surface area (Å²) >= 11 is 5.66. The van der Waals surface area contributed by atoms with Gasteiger partial charge in [0.1, 0.15) is 10.9 Å². The molecule has 2 aromatic rings. The van der Waals surface area contributed by atoms with Crippen LogP contribution in [0.15, 0.2) is 42.6 Å². The summed E-state index contributed by atoms with van der Waals surface area (Å²) in [7, 11) is 1.58. The van der Waals surface area contributed by atoms with Gasteiger partial charge in [-0.15, -0.1) is 13.2 Å². The van der Waals surface area contributed by atoms with Gasteiger partial charge in [-0.1, -0.05) is 23.7 Å². The van der Waals surface area contributed by atoms with Crippen molar-refractivity contribution in [3.63, 3.8) is 0 Å². The summed E-state index contributed by atoms with van der Waals surface area (Å²) in [5, 5.41) is 0.282. The minimum atomic E-state index is -4.73. The van der Waals surface area contributed by atoms with E-state index in [0.717, 1.165) is 0 Å². The van der Waals surface area contributed by atoms with E-state index in [4.69, 9.17) is 11.6 Å². The van der Waals surface area contributed by atoms with Gasteiger partial charge in [0.15, 0.2) is 0 Å². The smallest absolute Gasteiger partial charge is 0.406 e. The van der Waals surface area contributed by atoms with Gasteiger partial charge >= 0.3 is 6.36 Å². The van der Waals surface area contributed by atoms with Crippen molar-refractivity contribution in [3.05, 3.63) is 58.9 Å². The van der Waals surface area contributed by atoms with Crippen molar-refractivity contribution in [2.75, 3.05) is 7.05 Å². The fourth-order valence-corrected chi connectivity index (χ4v) is 1.98. The molecule has 8 heteroatoms. The first-order valence-electron chi connectivity index (χ1n) is 6.46.